The maximum atomic E-state index is 12.6. The number of ether oxygens (including phenoxy) is 4. The van der Waals surface area contributed by atoms with E-state index in [9.17, 15) is 9.59 Å². The van der Waals surface area contributed by atoms with Crippen molar-refractivity contribution in [1.29, 1.82) is 0 Å². The number of benzene rings is 2. The molecular formula is C34H43N3O6. The second kappa shape index (κ2) is 14.1. The third-order valence-corrected chi connectivity index (χ3v) is 8.75. The second-order valence-corrected chi connectivity index (χ2v) is 11.3. The molecule has 0 spiro atoms. The molecule has 9 heteroatoms. The van der Waals surface area contributed by atoms with Crippen molar-refractivity contribution in [3.05, 3.63) is 82.7 Å². The summed E-state index contributed by atoms with van der Waals surface area (Å²) in [6, 6.07) is 16.3. The monoisotopic (exact) mass is 589 g/mol. The van der Waals surface area contributed by atoms with Crippen LogP contribution in [0.1, 0.15) is 63.7 Å². The summed E-state index contributed by atoms with van der Waals surface area (Å²) < 4.78 is 24.8. The van der Waals surface area contributed by atoms with E-state index in [1.807, 2.05) is 54.9 Å². The standard InChI is InChI=1S/C34H43N3O6/c1-5-41-34(39)32-23(2)11-13-37(32)16-15-36-14-12-29(25-7-6-8-27(19-25)42-18-17-40-4)31(24(36)3)22-43-28-10-9-26-21-35-33(38)30(26)20-28/h6-11,13,19-20,24,29,31H,5,12,14-18,21-22H2,1-4H3,(H,35,38). The number of carbonyl (C=O) groups excluding carboxylic acids is 2. The molecule has 1 aromatic heterocycles. The van der Waals surface area contributed by atoms with Gasteiger partial charge in [0.25, 0.3) is 5.91 Å². The van der Waals surface area contributed by atoms with Gasteiger partial charge < -0.3 is 28.8 Å². The summed E-state index contributed by atoms with van der Waals surface area (Å²) in [5.41, 5.74) is 4.46. The molecule has 3 atom stereocenters. The van der Waals surface area contributed by atoms with Crippen LogP contribution in [0.15, 0.2) is 54.7 Å². The number of nitrogens with one attached hydrogen (secondary N) is 1. The van der Waals surface area contributed by atoms with Crippen molar-refractivity contribution < 1.29 is 28.5 Å². The number of hydrogen-bond donors (Lipinski definition) is 1. The van der Waals surface area contributed by atoms with Gasteiger partial charge in [-0.25, -0.2) is 4.79 Å². The predicted octanol–water partition coefficient (Wildman–Crippen LogP) is 4.82. The van der Waals surface area contributed by atoms with Gasteiger partial charge in [-0.15, -0.1) is 0 Å². The van der Waals surface area contributed by atoms with E-state index in [1.54, 1.807) is 7.11 Å². The van der Waals surface area contributed by atoms with E-state index >= 15 is 0 Å². The van der Waals surface area contributed by atoms with Crippen LogP contribution < -0.4 is 14.8 Å². The minimum atomic E-state index is -0.279. The van der Waals surface area contributed by atoms with Crippen molar-refractivity contribution in [1.82, 2.24) is 14.8 Å². The van der Waals surface area contributed by atoms with E-state index in [1.165, 1.54) is 5.56 Å². The van der Waals surface area contributed by atoms with Crippen LogP contribution in [0.2, 0.25) is 0 Å². The van der Waals surface area contributed by atoms with Gasteiger partial charge in [-0.1, -0.05) is 18.2 Å². The van der Waals surface area contributed by atoms with Gasteiger partial charge in [-0.05, 0) is 86.7 Å². The summed E-state index contributed by atoms with van der Waals surface area (Å²) in [5.74, 6) is 1.66. The molecule has 1 fully saturated rings. The zero-order valence-electron chi connectivity index (χ0n) is 25.6. The Morgan fingerprint density at radius 2 is 1.88 bits per heavy atom. The number of esters is 1. The number of rotatable bonds is 13. The quantitative estimate of drug-likeness (QED) is 0.226. The van der Waals surface area contributed by atoms with Crippen molar-refractivity contribution >= 4 is 11.9 Å². The molecular weight excluding hydrogens is 546 g/mol. The maximum absolute atomic E-state index is 12.6. The lowest BCUT2D eigenvalue weighted by Crippen LogP contribution is -2.49. The molecule has 5 rings (SSSR count). The zero-order valence-corrected chi connectivity index (χ0v) is 25.6. The number of piperidine rings is 1. The SMILES string of the molecule is CCOC(=O)c1c(C)ccn1CCN1CCC(c2cccc(OCCOC)c2)C(COc2ccc3c(c2)C(=O)NC3)C1C. The largest absolute Gasteiger partial charge is 0.493 e. The normalized spacial score (nSPS) is 20.0. The Balaban J connectivity index is 1.34. The molecule has 43 heavy (non-hydrogen) atoms. The van der Waals surface area contributed by atoms with Gasteiger partial charge in [-0.2, -0.15) is 0 Å². The lowest BCUT2D eigenvalue weighted by molar-refractivity contribution is 0.0488. The van der Waals surface area contributed by atoms with Crippen LogP contribution in [0.3, 0.4) is 0 Å². The summed E-state index contributed by atoms with van der Waals surface area (Å²) >= 11 is 0. The van der Waals surface area contributed by atoms with E-state index in [2.05, 4.69) is 35.3 Å². The van der Waals surface area contributed by atoms with Crippen LogP contribution in [-0.2, 0) is 22.6 Å². The Hall–Kier alpha value is -3.82. The number of nitrogens with zero attached hydrogens (tertiary/aromatic N) is 2. The van der Waals surface area contributed by atoms with Crippen LogP contribution in [0.4, 0.5) is 0 Å². The fourth-order valence-corrected chi connectivity index (χ4v) is 6.35. The lowest BCUT2D eigenvalue weighted by Gasteiger charge is -2.44. The molecule has 3 unspecified atom stereocenters. The van der Waals surface area contributed by atoms with Gasteiger partial charge >= 0.3 is 5.97 Å². The molecule has 1 N–H and O–H groups in total. The Bertz CT molecular complexity index is 1420. The number of aryl methyl sites for hydroxylation is 1. The number of likely N-dealkylation sites (tertiary alicyclic amines) is 1. The minimum absolute atomic E-state index is 0.0525. The number of hydrogen-bond acceptors (Lipinski definition) is 7. The number of aromatic nitrogens is 1. The molecule has 3 aromatic rings. The summed E-state index contributed by atoms with van der Waals surface area (Å²) in [4.78, 5) is 27.4. The molecule has 0 saturated carbocycles. The minimum Gasteiger partial charge on any atom is -0.493 e. The van der Waals surface area contributed by atoms with Crippen LogP contribution in [0.25, 0.3) is 0 Å². The second-order valence-electron chi connectivity index (χ2n) is 11.3. The fourth-order valence-electron chi connectivity index (χ4n) is 6.35. The Labute approximate surface area is 254 Å². The topological polar surface area (TPSA) is 91.3 Å². The Morgan fingerprint density at radius 3 is 2.70 bits per heavy atom. The van der Waals surface area contributed by atoms with E-state index in [4.69, 9.17) is 18.9 Å². The highest BCUT2D eigenvalue weighted by molar-refractivity contribution is 5.98. The van der Waals surface area contributed by atoms with Gasteiger partial charge in [0.1, 0.15) is 23.8 Å². The van der Waals surface area contributed by atoms with Crippen molar-refractivity contribution in [2.45, 2.75) is 52.2 Å². The molecule has 230 valence electrons. The van der Waals surface area contributed by atoms with Gasteiger partial charge in [0.05, 0.1) is 19.8 Å². The highest BCUT2D eigenvalue weighted by Crippen LogP contribution is 2.38. The molecule has 1 saturated heterocycles. The summed E-state index contributed by atoms with van der Waals surface area (Å²) in [5, 5.41) is 2.88. The van der Waals surface area contributed by atoms with Gasteiger partial charge in [0.2, 0.25) is 0 Å². The van der Waals surface area contributed by atoms with E-state index < -0.39 is 0 Å². The smallest absolute Gasteiger partial charge is 0.355 e. The molecule has 0 radical (unpaired) electrons. The molecule has 1 amide bonds. The molecule has 2 aliphatic rings. The van der Waals surface area contributed by atoms with Crippen LogP contribution in [0.5, 0.6) is 11.5 Å². The first kappa shape index (κ1) is 30.6. The fraction of sp³-hybridized carbons (Fsp3) is 0.471. The van der Waals surface area contributed by atoms with Crippen LogP contribution >= 0.6 is 0 Å². The molecule has 3 heterocycles. The van der Waals surface area contributed by atoms with E-state index in [0.29, 0.717) is 56.5 Å². The first-order valence-corrected chi connectivity index (χ1v) is 15.2. The van der Waals surface area contributed by atoms with Gasteiger partial charge in [-0.3, -0.25) is 9.69 Å². The Kier molecular flexibility index (Phi) is 10.0. The third-order valence-electron chi connectivity index (χ3n) is 8.75. The average molecular weight is 590 g/mol. The third kappa shape index (κ3) is 7.05. The molecule has 9 nitrogen and oxygen atoms in total. The first-order chi connectivity index (χ1) is 20.9. The van der Waals surface area contributed by atoms with Gasteiger partial charge in [0.15, 0.2) is 0 Å². The summed E-state index contributed by atoms with van der Waals surface area (Å²) in [6.45, 7) is 10.9. The van der Waals surface area contributed by atoms with Gasteiger partial charge in [0, 0.05) is 50.5 Å². The number of amides is 1. The molecule has 0 bridgehead atoms. The Morgan fingerprint density at radius 1 is 1.05 bits per heavy atom. The van der Waals surface area contributed by atoms with Crippen molar-refractivity contribution in [2.75, 3.05) is 46.6 Å². The van der Waals surface area contributed by atoms with Crippen molar-refractivity contribution in [2.24, 2.45) is 5.92 Å². The molecule has 0 aliphatic carbocycles. The maximum Gasteiger partial charge on any atom is 0.355 e. The number of carbonyl (C=O) groups is 2. The van der Waals surface area contributed by atoms with E-state index in [0.717, 1.165) is 36.4 Å². The van der Waals surface area contributed by atoms with Crippen molar-refractivity contribution in [3.8, 4) is 11.5 Å². The summed E-state index contributed by atoms with van der Waals surface area (Å²) in [6.07, 6.45) is 2.93. The average Bonchev–Trinajstić information content (AvgIpc) is 3.57. The zero-order chi connectivity index (χ0) is 30.3. The lowest BCUT2D eigenvalue weighted by atomic mass is 9.76. The highest BCUT2D eigenvalue weighted by Gasteiger charge is 2.37. The van der Waals surface area contributed by atoms with Crippen LogP contribution in [0, 0.1) is 12.8 Å². The number of fused-ring (bicyclic) bond motifs is 1. The highest BCUT2D eigenvalue weighted by atomic mass is 16.5. The van der Waals surface area contributed by atoms with Crippen LogP contribution in [-0.4, -0.2) is 74.0 Å². The van der Waals surface area contributed by atoms with E-state index in [-0.39, 0.29) is 29.8 Å². The predicted molar refractivity (Wildman–Crippen MR) is 164 cm³/mol. The van der Waals surface area contributed by atoms with Crippen molar-refractivity contribution in [3.63, 3.8) is 0 Å². The molecule has 2 aromatic carbocycles. The first-order valence-electron chi connectivity index (χ1n) is 15.2. The number of methoxy groups -OCH3 is 1. The molecule has 2 aliphatic heterocycles. The summed E-state index contributed by atoms with van der Waals surface area (Å²) in [7, 11) is 1.67.